The summed E-state index contributed by atoms with van der Waals surface area (Å²) in [4.78, 5) is 2.57. The molecule has 1 aliphatic rings. The molecular formula is C14H30N2O. The molecule has 1 fully saturated rings. The van der Waals surface area contributed by atoms with Gasteiger partial charge < -0.3 is 15.0 Å². The zero-order valence-electron chi connectivity index (χ0n) is 11.7. The summed E-state index contributed by atoms with van der Waals surface area (Å²) in [6.45, 7) is 12.2. The minimum Gasteiger partial charge on any atom is -0.380 e. The lowest BCUT2D eigenvalue weighted by atomic mass is 9.99. The first-order valence-corrected chi connectivity index (χ1v) is 7.33. The van der Waals surface area contributed by atoms with Crippen molar-refractivity contribution >= 4 is 0 Å². The van der Waals surface area contributed by atoms with Crippen molar-refractivity contribution in [1.82, 2.24) is 10.2 Å². The minimum atomic E-state index is 0.858. The zero-order valence-corrected chi connectivity index (χ0v) is 11.7. The van der Waals surface area contributed by atoms with Gasteiger partial charge in [0.05, 0.1) is 6.61 Å². The number of hydrogen-bond acceptors (Lipinski definition) is 3. The van der Waals surface area contributed by atoms with E-state index in [0.29, 0.717) is 0 Å². The molecule has 3 heteroatoms. The summed E-state index contributed by atoms with van der Waals surface area (Å²) < 4.78 is 5.50. The van der Waals surface area contributed by atoms with Crippen molar-refractivity contribution in [2.45, 2.75) is 39.5 Å². The lowest BCUT2D eigenvalue weighted by Crippen LogP contribution is -2.38. The number of piperidine rings is 1. The monoisotopic (exact) mass is 242 g/mol. The molecule has 0 amide bonds. The second-order valence-electron chi connectivity index (χ2n) is 5.24. The summed E-state index contributed by atoms with van der Waals surface area (Å²) in [6.07, 6.45) is 5.16. The minimum absolute atomic E-state index is 0.858. The topological polar surface area (TPSA) is 24.5 Å². The van der Waals surface area contributed by atoms with Crippen LogP contribution in [-0.4, -0.2) is 50.8 Å². The smallest absolute Gasteiger partial charge is 0.0590 e. The summed E-state index contributed by atoms with van der Waals surface area (Å²) in [7, 11) is 0. The average Bonchev–Trinajstić information content (AvgIpc) is 2.35. The number of unbranched alkanes of at least 4 members (excludes halogenated alkanes) is 1. The average molecular weight is 242 g/mol. The van der Waals surface area contributed by atoms with Crippen molar-refractivity contribution < 1.29 is 4.74 Å². The number of hydrogen-bond donors (Lipinski definition) is 1. The van der Waals surface area contributed by atoms with Crippen LogP contribution in [0.4, 0.5) is 0 Å². The van der Waals surface area contributed by atoms with E-state index in [9.17, 15) is 0 Å². The van der Waals surface area contributed by atoms with Gasteiger partial charge in [-0.05, 0) is 38.3 Å². The van der Waals surface area contributed by atoms with E-state index in [-0.39, 0.29) is 0 Å². The SMILES string of the molecule is CCCCOCCNCCN1CCC(C)CC1. The van der Waals surface area contributed by atoms with E-state index in [4.69, 9.17) is 4.74 Å². The Morgan fingerprint density at radius 1 is 1.18 bits per heavy atom. The van der Waals surface area contributed by atoms with Gasteiger partial charge in [-0.15, -0.1) is 0 Å². The van der Waals surface area contributed by atoms with Crippen molar-refractivity contribution in [2.75, 3.05) is 45.9 Å². The lowest BCUT2D eigenvalue weighted by molar-refractivity contribution is 0.131. The van der Waals surface area contributed by atoms with Crippen LogP contribution in [0.3, 0.4) is 0 Å². The molecule has 3 nitrogen and oxygen atoms in total. The maximum atomic E-state index is 5.50. The summed E-state index contributed by atoms with van der Waals surface area (Å²) >= 11 is 0. The van der Waals surface area contributed by atoms with E-state index in [2.05, 4.69) is 24.1 Å². The quantitative estimate of drug-likeness (QED) is 0.627. The first-order valence-electron chi connectivity index (χ1n) is 7.33. The highest BCUT2D eigenvalue weighted by molar-refractivity contribution is 4.69. The molecule has 1 aliphatic heterocycles. The highest BCUT2D eigenvalue weighted by Crippen LogP contribution is 2.14. The van der Waals surface area contributed by atoms with Gasteiger partial charge in [-0.1, -0.05) is 20.3 Å². The largest absolute Gasteiger partial charge is 0.380 e. The van der Waals surface area contributed by atoms with E-state index >= 15 is 0 Å². The molecule has 1 heterocycles. The van der Waals surface area contributed by atoms with Gasteiger partial charge in [0, 0.05) is 26.2 Å². The van der Waals surface area contributed by atoms with Crippen LogP contribution in [0.1, 0.15) is 39.5 Å². The molecule has 0 atom stereocenters. The molecule has 0 aromatic heterocycles. The number of ether oxygens (including phenoxy) is 1. The Hall–Kier alpha value is -0.120. The van der Waals surface area contributed by atoms with Gasteiger partial charge in [0.15, 0.2) is 0 Å². The normalized spacial score (nSPS) is 18.7. The fourth-order valence-corrected chi connectivity index (χ4v) is 2.14. The van der Waals surface area contributed by atoms with Gasteiger partial charge >= 0.3 is 0 Å². The van der Waals surface area contributed by atoms with Gasteiger partial charge in [0.25, 0.3) is 0 Å². The predicted octanol–water partition coefficient (Wildman–Crippen LogP) is 2.12. The molecule has 0 saturated carbocycles. The third-order valence-corrected chi connectivity index (χ3v) is 3.55. The fourth-order valence-electron chi connectivity index (χ4n) is 2.14. The lowest BCUT2D eigenvalue weighted by Gasteiger charge is -2.30. The third-order valence-electron chi connectivity index (χ3n) is 3.55. The summed E-state index contributed by atoms with van der Waals surface area (Å²) in [5.74, 6) is 0.936. The molecule has 0 aromatic carbocycles. The second kappa shape index (κ2) is 9.86. The van der Waals surface area contributed by atoms with Crippen molar-refractivity contribution in [3.8, 4) is 0 Å². The Bertz CT molecular complexity index is 168. The Balaban J connectivity index is 1.81. The molecule has 17 heavy (non-hydrogen) atoms. The van der Waals surface area contributed by atoms with E-state index in [1.165, 1.54) is 45.3 Å². The van der Waals surface area contributed by atoms with Gasteiger partial charge in [0.1, 0.15) is 0 Å². The maximum absolute atomic E-state index is 5.50. The van der Waals surface area contributed by atoms with Crippen LogP contribution in [0.2, 0.25) is 0 Å². The summed E-state index contributed by atoms with van der Waals surface area (Å²) in [5, 5.41) is 3.45. The summed E-state index contributed by atoms with van der Waals surface area (Å²) in [5.41, 5.74) is 0. The highest BCUT2D eigenvalue weighted by Gasteiger charge is 2.14. The van der Waals surface area contributed by atoms with Crippen LogP contribution in [0.15, 0.2) is 0 Å². The van der Waals surface area contributed by atoms with E-state index in [1.54, 1.807) is 0 Å². The predicted molar refractivity (Wildman–Crippen MR) is 73.4 cm³/mol. The molecule has 0 aromatic rings. The van der Waals surface area contributed by atoms with Gasteiger partial charge in [-0.25, -0.2) is 0 Å². The summed E-state index contributed by atoms with van der Waals surface area (Å²) in [6, 6.07) is 0. The fraction of sp³-hybridized carbons (Fsp3) is 1.00. The first kappa shape index (κ1) is 14.9. The highest BCUT2D eigenvalue weighted by atomic mass is 16.5. The maximum Gasteiger partial charge on any atom is 0.0590 e. The number of nitrogens with one attached hydrogen (secondary N) is 1. The van der Waals surface area contributed by atoms with Crippen LogP contribution in [0.25, 0.3) is 0 Å². The number of nitrogens with zero attached hydrogens (tertiary/aromatic N) is 1. The molecule has 1 rings (SSSR count). The molecule has 0 spiro atoms. The van der Waals surface area contributed by atoms with Crippen molar-refractivity contribution in [3.05, 3.63) is 0 Å². The van der Waals surface area contributed by atoms with Crippen molar-refractivity contribution in [1.29, 1.82) is 0 Å². The molecule has 0 radical (unpaired) electrons. The Morgan fingerprint density at radius 3 is 2.65 bits per heavy atom. The van der Waals surface area contributed by atoms with Crippen LogP contribution in [0.5, 0.6) is 0 Å². The van der Waals surface area contributed by atoms with Crippen LogP contribution >= 0.6 is 0 Å². The Kier molecular flexibility index (Phi) is 8.67. The van der Waals surface area contributed by atoms with Crippen LogP contribution in [0, 0.1) is 5.92 Å². The van der Waals surface area contributed by atoms with Gasteiger partial charge in [-0.3, -0.25) is 0 Å². The Morgan fingerprint density at radius 2 is 1.94 bits per heavy atom. The molecule has 0 aliphatic carbocycles. The first-order chi connectivity index (χ1) is 8.33. The third kappa shape index (κ3) is 7.74. The molecule has 1 N–H and O–H groups in total. The van der Waals surface area contributed by atoms with Crippen LogP contribution in [-0.2, 0) is 4.74 Å². The number of rotatable bonds is 9. The van der Waals surface area contributed by atoms with Gasteiger partial charge in [0.2, 0.25) is 0 Å². The molecule has 0 unspecified atom stereocenters. The van der Waals surface area contributed by atoms with Crippen LogP contribution < -0.4 is 5.32 Å². The van der Waals surface area contributed by atoms with Gasteiger partial charge in [-0.2, -0.15) is 0 Å². The van der Waals surface area contributed by atoms with Crippen molar-refractivity contribution in [2.24, 2.45) is 5.92 Å². The van der Waals surface area contributed by atoms with E-state index in [0.717, 1.165) is 32.2 Å². The molecular weight excluding hydrogens is 212 g/mol. The van der Waals surface area contributed by atoms with E-state index in [1.807, 2.05) is 0 Å². The number of likely N-dealkylation sites (tertiary alicyclic amines) is 1. The molecule has 0 bridgehead atoms. The molecule has 102 valence electrons. The zero-order chi connectivity index (χ0) is 12.3. The van der Waals surface area contributed by atoms with E-state index < -0.39 is 0 Å². The van der Waals surface area contributed by atoms with Crippen molar-refractivity contribution in [3.63, 3.8) is 0 Å². The second-order valence-corrected chi connectivity index (χ2v) is 5.24. The molecule has 1 saturated heterocycles. The standard InChI is InChI=1S/C14H30N2O/c1-3-4-12-17-13-8-15-7-11-16-9-5-14(2)6-10-16/h14-15H,3-13H2,1-2H3. The Labute approximate surface area is 107 Å².